The third-order valence-corrected chi connectivity index (χ3v) is 4.12. The van der Waals surface area contributed by atoms with Crippen molar-refractivity contribution in [2.24, 2.45) is 5.41 Å². The second-order valence-corrected chi connectivity index (χ2v) is 6.64. The zero-order chi connectivity index (χ0) is 14.5. The highest BCUT2D eigenvalue weighted by atomic mass is 35.5. The zero-order valence-electron chi connectivity index (χ0n) is 11.9. The van der Waals surface area contributed by atoms with Crippen LogP contribution in [0.5, 0.6) is 0 Å². The summed E-state index contributed by atoms with van der Waals surface area (Å²) < 4.78 is 2.02. The molecule has 0 unspecified atom stereocenters. The average molecular weight is 289 g/mol. The Morgan fingerprint density at radius 2 is 2.10 bits per heavy atom. The van der Waals surface area contributed by atoms with E-state index in [1.807, 2.05) is 29.7 Å². The Balaban J connectivity index is 2.24. The van der Waals surface area contributed by atoms with Crippen LogP contribution in [0.25, 0.3) is 5.82 Å². The van der Waals surface area contributed by atoms with Crippen molar-refractivity contribution in [1.29, 1.82) is 0 Å². The van der Waals surface area contributed by atoms with Crippen molar-refractivity contribution < 1.29 is 4.79 Å². The Morgan fingerprint density at radius 3 is 2.80 bits per heavy atom. The van der Waals surface area contributed by atoms with E-state index in [-0.39, 0.29) is 11.2 Å². The molecule has 0 radical (unpaired) electrons. The van der Waals surface area contributed by atoms with E-state index in [1.165, 1.54) is 0 Å². The number of Topliss-reactive ketones (excluding diaryl/α,β-unsaturated/α-hetero) is 1. The summed E-state index contributed by atoms with van der Waals surface area (Å²) in [4.78, 5) is 16.7. The maximum atomic E-state index is 12.3. The summed E-state index contributed by atoms with van der Waals surface area (Å²) >= 11 is 6.27. The summed E-state index contributed by atoms with van der Waals surface area (Å²) in [6, 6.07) is 5.59. The number of aryl methyl sites for hydroxylation is 1. The van der Waals surface area contributed by atoms with Crippen LogP contribution in [0.4, 0.5) is 0 Å². The van der Waals surface area contributed by atoms with Crippen LogP contribution in [0.2, 0.25) is 5.02 Å². The molecular formula is C16H17ClN2O. The Bertz CT molecular complexity index is 700. The quantitative estimate of drug-likeness (QED) is 0.795. The number of halogens is 1. The first-order chi connectivity index (χ1) is 9.39. The van der Waals surface area contributed by atoms with Crippen LogP contribution in [0.1, 0.15) is 42.0 Å². The first kappa shape index (κ1) is 13.4. The zero-order valence-corrected chi connectivity index (χ0v) is 12.7. The summed E-state index contributed by atoms with van der Waals surface area (Å²) in [5.41, 5.74) is 2.84. The van der Waals surface area contributed by atoms with Gasteiger partial charge in [-0.2, -0.15) is 0 Å². The van der Waals surface area contributed by atoms with Crippen LogP contribution in [-0.4, -0.2) is 15.3 Å². The second-order valence-electron chi connectivity index (χ2n) is 6.23. The van der Waals surface area contributed by atoms with Gasteiger partial charge in [-0.15, -0.1) is 0 Å². The predicted octanol–water partition coefficient (Wildman–Crippen LogP) is 3.99. The van der Waals surface area contributed by atoms with Crippen LogP contribution in [0, 0.1) is 12.3 Å². The minimum absolute atomic E-state index is 0.0200. The highest BCUT2D eigenvalue weighted by Gasteiger charge is 2.34. The third-order valence-electron chi connectivity index (χ3n) is 3.82. The summed E-state index contributed by atoms with van der Waals surface area (Å²) in [6.07, 6.45) is 3.18. The molecule has 2 aromatic heterocycles. The van der Waals surface area contributed by atoms with E-state index in [1.54, 1.807) is 6.20 Å². The molecule has 0 aliphatic heterocycles. The van der Waals surface area contributed by atoms with Gasteiger partial charge in [-0.05, 0) is 37.0 Å². The highest BCUT2D eigenvalue weighted by molar-refractivity contribution is 6.32. The number of hydrogen-bond acceptors (Lipinski definition) is 2. The first-order valence-corrected chi connectivity index (χ1v) is 7.12. The number of carbonyl (C=O) groups is 1. The van der Waals surface area contributed by atoms with Gasteiger partial charge in [0.15, 0.2) is 11.6 Å². The molecule has 0 aromatic carbocycles. The molecule has 1 aliphatic rings. The number of nitrogens with zero attached hydrogens (tertiary/aromatic N) is 2. The van der Waals surface area contributed by atoms with Gasteiger partial charge in [0.1, 0.15) is 0 Å². The number of fused-ring (bicyclic) bond motifs is 1. The number of carbonyl (C=O) groups excluding carboxylic acids is 1. The maximum absolute atomic E-state index is 12.3. The van der Waals surface area contributed by atoms with Gasteiger partial charge >= 0.3 is 0 Å². The van der Waals surface area contributed by atoms with Crippen LogP contribution >= 0.6 is 11.6 Å². The van der Waals surface area contributed by atoms with Crippen molar-refractivity contribution in [3.8, 4) is 5.82 Å². The molecule has 0 spiro atoms. The SMILES string of the molecule is Cc1cc2c(n1-c1ncccc1Cl)CC(C)(C)CC2=O. The third kappa shape index (κ3) is 2.06. The van der Waals surface area contributed by atoms with Crippen molar-refractivity contribution in [1.82, 2.24) is 9.55 Å². The Labute approximate surface area is 123 Å². The lowest BCUT2D eigenvalue weighted by Crippen LogP contribution is -2.28. The molecule has 0 saturated carbocycles. The minimum atomic E-state index is -0.0200. The van der Waals surface area contributed by atoms with Gasteiger partial charge in [0.25, 0.3) is 0 Å². The van der Waals surface area contributed by atoms with E-state index in [0.29, 0.717) is 17.3 Å². The normalized spacial score (nSPS) is 17.1. The molecule has 0 saturated heterocycles. The van der Waals surface area contributed by atoms with Gasteiger partial charge in [-0.25, -0.2) is 4.98 Å². The Hall–Kier alpha value is -1.61. The standard InChI is InChI=1S/C16H17ClN2O/c1-10-7-11-13(8-16(2,3)9-14(11)20)19(10)15-12(17)5-4-6-18-15/h4-7H,8-9H2,1-3H3. The molecule has 0 bridgehead atoms. The average Bonchev–Trinajstić information content (AvgIpc) is 2.66. The largest absolute Gasteiger partial charge is 0.301 e. The topological polar surface area (TPSA) is 34.9 Å². The molecule has 3 nitrogen and oxygen atoms in total. The monoisotopic (exact) mass is 288 g/mol. The van der Waals surface area contributed by atoms with Gasteiger partial charge in [0.2, 0.25) is 0 Å². The van der Waals surface area contributed by atoms with Crippen molar-refractivity contribution in [2.45, 2.75) is 33.6 Å². The molecule has 0 atom stereocenters. The fourth-order valence-electron chi connectivity index (χ4n) is 2.99. The molecule has 0 fully saturated rings. The summed E-state index contributed by atoms with van der Waals surface area (Å²) in [5.74, 6) is 0.920. The van der Waals surface area contributed by atoms with Crippen molar-refractivity contribution in [3.63, 3.8) is 0 Å². The molecule has 4 heteroatoms. The number of aromatic nitrogens is 2. The van der Waals surface area contributed by atoms with Gasteiger partial charge in [-0.3, -0.25) is 4.79 Å². The summed E-state index contributed by atoms with van der Waals surface area (Å²) in [6.45, 7) is 6.24. The lowest BCUT2D eigenvalue weighted by Gasteiger charge is -2.29. The predicted molar refractivity (Wildman–Crippen MR) is 79.7 cm³/mol. The van der Waals surface area contributed by atoms with E-state index in [2.05, 4.69) is 18.8 Å². The molecule has 104 valence electrons. The lowest BCUT2D eigenvalue weighted by atomic mass is 9.76. The molecule has 1 aliphatic carbocycles. The van der Waals surface area contributed by atoms with E-state index in [0.717, 1.165) is 23.4 Å². The minimum Gasteiger partial charge on any atom is -0.301 e. The molecular weight excluding hydrogens is 272 g/mol. The Kier molecular flexibility index (Phi) is 2.98. The van der Waals surface area contributed by atoms with Crippen LogP contribution in [0.3, 0.4) is 0 Å². The first-order valence-electron chi connectivity index (χ1n) is 6.74. The van der Waals surface area contributed by atoms with Gasteiger partial charge in [0.05, 0.1) is 5.02 Å². The van der Waals surface area contributed by atoms with E-state index in [9.17, 15) is 4.79 Å². The fraction of sp³-hybridized carbons (Fsp3) is 0.375. The summed E-state index contributed by atoms with van der Waals surface area (Å²) in [5, 5.41) is 0.602. The number of pyridine rings is 1. The van der Waals surface area contributed by atoms with Crippen LogP contribution < -0.4 is 0 Å². The molecule has 0 amide bonds. The van der Waals surface area contributed by atoms with Crippen molar-refractivity contribution >= 4 is 17.4 Å². The lowest BCUT2D eigenvalue weighted by molar-refractivity contribution is 0.0911. The number of hydrogen-bond donors (Lipinski definition) is 0. The number of rotatable bonds is 1. The van der Waals surface area contributed by atoms with Crippen LogP contribution in [-0.2, 0) is 6.42 Å². The second kappa shape index (κ2) is 4.45. The maximum Gasteiger partial charge on any atom is 0.165 e. The summed E-state index contributed by atoms with van der Waals surface area (Å²) in [7, 11) is 0. The van der Waals surface area contributed by atoms with Crippen molar-refractivity contribution in [2.75, 3.05) is 0 Å². The van der Waals surface area contributed by atoms with Gasteiger partial charge in [-0.1, -0.05) is 25.4 Å². The van der Waals surface area contributed by atoms with E-state index in [4.69, 9.17) is 11.6 Å². The smallest absolute Gasteiger partial charge is 0.165 e. The number of ketones is 1. The van der Waals surface area contributed by atoms with Crippen molar-refractivity contribution in [3.05, 3.63) is 46.4 Å². The molecule has 2 heterocycles. The fourth-order valence-corrected chi connectivity index (χ4v) is 3.19. The molecule has 2 aromatic rings. The highest BCUT2D eigenvalue weighted by Crippen LogP contribution is 2.37. The van der Waals surface area contributed by atoms with Crippen LogP contribution in [0.15, 0.2) is 24.4 Å². The van der Waals surface area contributed by atoms with E-state index >= 15 is 0 Å². The molecule has 0 N–H and O–H groups in total. The van der Waals surface area contributed by atoms with Gasteiger partial charge < -0.3 is 4.57 Å². The Morgan fingerprint density at radius 1 is 1.35 bits per heavy atom. The molecule has 3 rings (SSSR count). The molecule has 20 heavy (non-hydrogen) atoms. The van der Waals surface area contributed by atoms with Gasteiger partial charge in [0, 0.05) is 29.6 Å². The van der Waals surface area contributed by atoms with E-state index < -0.39 is 0 Å².